The highest BCUT2D eigenvalue weighted by Crippen LogP contribution is 2.28. The largest absolute Gasteiger partial charge is 0.384 e. The number of anilines is 1. The number of methoxy groups -OCH3 is 1. The monoisotopic (exact) mass is 275 g/mol. The minimum absolute atomic E-state index is 0.337. The lowest BCUT2D eigenvalue weighted by molar-refractivity contribution is 0.202. The average molecular weight is 275 g/mol. The van der Waals surface area contributed by atoms with Crippen LogP contribution < -0.4 is 5.32 Å². The Labute approximate surface area is 119 Å². The van der Waals surface area contributed by atoms with Crippen LogP contribution in [0.25, 0.3) is 0 Å². The fourth-order valence-corrected chi connectivity index (χ4v) is 3.15. The second-order valence-electron chi connectivity index (χ2n) is 4.73. The predicted molar refractivity (Wildman–Crippen MR) is 83.1 cm³/mol. The van der Waals surface area contributed by atoms with Crippen molar-refractivity contribution in [2.75, 3.05) is 19.0 Å². The second kappa shape index (κ2) is 6.73. The molecule has 0 amide bonds. The summed E-state index contributed by atoms with van der Waals surface area (Å²) < 4.78 is 5.17. The highest BCUT2D eigenvalue weighted by Gasteiger charge is 2.11. The van der Waals surface area contributed by atoms with Crippen molar-refractivity contribution < 1.29 is 4.74 Å². The molecule has 1 N–H and O–H groups in total. The van der Waals surface area contributed by atoms with Crippen LogP contribution in [0.5, 0.6) is 0 Å². The molecule has 0 aliphatic heterocycles. The summed E-state index contributed by atoms with van der Waals surface area (Å²) in [5, 5.41) is 5.77. The van der Waals surface area contributed by atoms with Crippen molar-refractivity contribution in [3.05, 3.63) is 51.7 Å². The van der Waals surface area contributed by atoms with Crippen LogP contribution in [0.4, 0.5) is 5.69 Å². The van der Waals surface area contributed by atoms with E-state index in [1.807, 2.05) is 11.3 Å². The number of aryl methyl sites for hydroxylation is 1. The molecule has 2 aromatic rings. The lowest BCUT2D eigenvalue weighted by Gasteiger charge is -2.18. The summed E-state index contributed by atoms with van der Waals surface area (Å²) in [6.07, 6.45) is 0.940. The standard InChI is InChI=1S/C16H21NOS/c1-12-9-11-19-16(12)13(2)17-15-7-5-4-6-14(15)8-10-18-3/h4-7,9,11,13,17H,8,10H2,1-3H3. The molecule has 1 atom stereocenters. The molecule has 0 spiro atoms. The molecule has 1 unspecified atom stereocenters. The maximum Gasteiger partial charge on any atom is 0.0581 e. The third kappa shape index (κ3) is 3.58. The zero-order chi connectivity index (χ0) is 13.7. The van der Waals surface area contributed by atoms with Crippen LogP contribution in [-0.2, 0) is 11.2 Å². The molecule has 102 valence electrons. The van der Waals surface area contributed by atoms with E-state index in [9.17, 15) is 0 Å². The van der Waals surface area contributed by atoms with E-state index in [4.69, 9.17) is 4.74 Å². The summed E-state index contributed by atoms with van der Waals surface area (Å²) in [6, 6.07) is 11.0. The van der Waals surface area contributed by atoms with E-state index in [0.29, 0.717) is 6.04 Å². The van der Waals surface area contributed by atoms with Crippen LogP contribution in [0.3, 0.4) is 0 Å². The summed E-state index contributed by atoms with van der Waals surface area (Å²) in [5.74, 6) is 0. The molecule has 1 heterocycles. The van der Waals surface area contributed by atoms with E-state index >= 15 is 0 Å². The fraction of sp³-hybridized carbons (Fsp3) is 0.375. The van der Waals surface area contributed by atoms with Crippen LogP contribution in [0.2, 0.25) is 0 Å². The molecule has 0 saturated carbocycles. The summed E-state index contributed by atoms with van der Waals surface area (Å²) in [5.41, 5.74) is 3.88. The van der Waals surface area contributed by atoms with E-state index in [2.05, 4.69) is 54.9 Å². The molecule has 0 fully saturated rings. The molecule has 0 bridgehead atoms. The van der Waals surface area contributed by atoms with Crippen molar-refractivity contribution in [2.45, 2.75) is 26.3 Å². The van der Waals surface area contributed by atoms with Crippen LogP contribution in [-0.4, -0.2) is 13.7 Å². The minimum atomic E-state index is 0.337. The van der Waals surface area contributed by atoms with Gasteiger partial charge in [-0.2, -0.15) is 0 Å². The summed E-state index contributed by atoms with van der Waals surface area (Å²) >= 11 is 1.81. The minimum Gasteiger partial charge on any atom is -0.384 e. The van der Waals surface area contributed by atoms with Crippen LogP contribution in [0.1, 0.15) is 29.0 Å². The van der Waals surface area contributed by atoms with Gasteiger partial charge in [0, 0.05) is 17.7 Å². The zero-order valence-corrected chi connectivity index (χ0v) is 12.6. The lowest BCUT2D eigenvalue weighted by Crippen LogP contribution is -2.09. The molecular weight excluding hydrogens is 254 g/mol. The Morgan fingerprint density at radius 1 is 1.26 bits per heavy atom. The fourth-order valence-electron chi connectivity index (χ4n) is 2.22. The van der Waals surface area contributed by atoms with Gasteiger partial charge >= 0.3 is 0 Å². The van der Waals surface area contributed by atoms with E-state index in [1.165, 1.54) is 21.7 Å². The quantitative estimate of drug-likeness (QED) is 0.842. The smallest absolute Gasteiger partial charge is 0.0581 e. The summed E-state index contributed by atoms with van der Waals surface area (Å²) in [7, 11) is 1.74. The lowest BCUT2D eigenvalue weighted by atomic mass is 10.1. The van der Waals surface area contributed by atoms with E-state index in [-0.39, 0.29) is 0 Å². The Bertz CT molecular complexity index is 521. The Balaban J connectivity index is 2.12. The second-order valence-corrected chi connectivity index (χ2v) is 5.68. The van der Waals surface area contributed by atoms with Gasteiger partial charge < -0.3 is 10.1 Å². The number of ether oxygens (including phenoxy) is 1. The third-order valence-electron chi connectivity index (χ3n) is 3.26. The van der Waals surface area contributed by atoms with Crippen LogP contribution >= 0.6 is 11.3 Å². The van der Waals surface area contributed by atoms with Crippen molar-refractivity contribution in [3.63, 3.8) is 0 Å². The van der Waals surface area contributed by atoms with Crippen molar-refractivity contribution in [1.82, 2.24) is 0 Å². The van der Waals surface area contributed by atoms with Gasteiger partial charge in [0.2, 0.25) is 0 Å². The highest BCUT2D eigenvalue weighted by atomic mass is 32.1. The van der Waals surface area contributed by atoms with Gasteiger partial charge in [0.15, 0.2) is 0 Å². The molecule has 2 rings (SSSR count). The normalized spacial score (nSPS) is 12.4. The first-order valence-corrected chi connectivity index (χ1v) is 7.47. The number of hydrogen-bond acceptors (Lipinski definition) is 3. The first-order chi connectivity index (χ1) is 9.22. The molecule has 2 nitrogen and oxygen atoms in total. The van der Waals surface area contributed by atoms with E-state index < -0.39 is 0 Å². The molecule has 0 radical (unpaired) electrons. The highest BCUT2D eigenvalue weighted by molar-refractivity contribution is 7.10. The van der Waals surface area contributed by atoms with E-state index in [1.54, 1.807) is 7.11 Å². The molecule has 1 aromatic carbocycles. The molecule has 0 saturated heterocycles. The van der Waals surface area contributed by atoms with Gasteiger partial charge in [-0.05, 0) is 48.9 Å². The van der Waals surface area contributed by atoms with Gasteiger partial charge in [0.1, 0.15) is 0 Å². The number of para-hydroxylation sites is 1. The molecule has 0 aliphatic carbocycles. The first-order valence-electron chi connectivity index (χ1n) is 6.59. The van der Waals surface area contributed by atoms with Crippen molar-refractivity contribution in [2.24, 2.45) is 0 Å². The predicted octanol–water partition coefficient (Wildman–Crippen LogP) is 4.42. The Morgan fingerprint density at radius 3 is 2.74 bits per heavy atom. The Morgan fingerprint density at radius 2 is 2.05 bits per heavy atom. The molecule has 19 heavy (non-hydrogen) atoms. The molecule has 0 aliphatic rings. The molecule has 1 aromatic heterocycles. The van der Waals surface area contributed by atoms with Gasteiger partial charge in [0.25, 0.3) is 0 Å². The van der Waals surface area contributed by atoms with Crippen molar-refractivity contribution in [3.8, 4) is 0 Å². The maximum absolute atomic E-state index is 5.17. The zero-order valence-electron chi connectivity index (χ0n) is 11.8. The first kappa shape index (κ1) is 14.1. The van der Waals surface area contributed by atoms with Crippen molar-refractivity contribution >= 4 is 17.0 Å². The number of benzene rings is 1. The van der Waals surface area contributed by atoms with Crippen LogP contribution in [0, 0.1) is 6.92 Å². The van der Waals surface area contributed by atoms with E-state index in [0.717, 1.165) is 13.0 Å². The van der Waals surface area contributed by atoms with Gasteiger partial charge in [0.05, 0.1) is 12.6 Å². The van der Waals surface area contributed by atoms with Gasteiger partial charge in [-0.15, -0.1) is 11.3 Å². The van der Waals surface area contributed by atoms with Crippen molar-refractivity contribution in [1.29, 1.82) is 0 Å². The van der Waals surface area contributed by atoms with Gasteiger partial charge in [-0.25, -0.2) is 0 Å². The van der Waals surface area contributed by atoms with Crippen LogP contribution in [0.15, 0.2) is 35.7 Å². The SMILES string of the molecule is COCCc1ccccc1NC(C)c1sccc1C. The number of nitrogens with one attached hydrogen (secondary N) is 1. The topological polar surface area (TPSA) is 21.3 Å². The summed E-state index contributed by atoms with van der Waals surface area (Å²) in [4.78, 5) is 1.40. The number of hydrogen-bond donors (Lipinski definition) is 1. The third-order valence-corrected chi connectivity index (χ3v) is 4.46. The molecular formula is C16H21NOS. The van der Waals surface area contributed by atoms with Gasteiger partial charge in [-0.1, -0.05) is 18.2 Å². The number of rotatable bonds is 6. The number of thiophene rings is 1. The summed E-state index contributed by atoms with van der Waals surface area (Å²) in [6.45, 7) is 5.14. The average Bonchev–Trinajstić information content (AvgIpc) is 2.84. The maximum atomic E-state index is 5.17. The molecule has 3 heteroatoms. The Hall–Kier alpha value is -1.32. The van der Waals surface area contributed by atoms with Gasteiger partial charge in [-0.3, -0.25) is 0 Å². The Kier molecular flexibility index (Phi) is 5.00.